The van der Waals surface area contributed by atoms with Crippen LogP contribution in [-0.4, -0.2) is 6.29 Å². The van der Waals surface area contributed by atoms with Gasteiger partial charge in [0.05, 0.1) is 0 Å². The minimum atomic E-state index is 0.805. The highest BCUT2D eigenvalue weighted by atomic mass is 16.1. The van der Waals surface area contributed by atoms with Gasteiger partial charge in [0.2, 0.25) is 0 Å². The van der Waals surface area contributed by atoms with Crippen molar-refractivity contribution in [3.8, 4) is 0 Å². The number of carbonyl (C=O) groups is 1. The predicted molar refractivity (Wildman–Crippen MR) is 92.4 cm³/mol. The average Bonchev–Trinajstić information content (AvgIpc) is 2.37. The molecule has 0 aromatic heterocycles. The summed E-state index contributed by atoms with van der Waals surface area (Å²) in [6.07, 6.45) is 12.6. The summed E-state index contributed by atoms with van der Waals surface area (Å²) in [4.78, 5) is 10.3. The first-order valence-corrected chi connectivity index (χ1v) is 7.17. The summed E-state index contributed by atoms with van der Waals surface area (Å²) in [5.74, 6) is 0. The molecule has 0 bridgehead atoms. The molecule has 110 valence electrons. The molecule has 0 radical (unpaired) electrons. The van der Waals surface area contributed by atoms with Crippen molar-refractivity contribution in [2.75, 3.05) is 0 Å². The van der Waals surface area contributed by atoms with Gasteiger partial charge in [-0.3, -0.25) is 4.79 Å². The van der Waals surface area contributed by atoms with Crippen molar-refractivity contribution in [1.82, 2.24) is 0 Å². The van der Waals surface area contributed by atoms with E-state index in [0.717, 1.165) is 11.9 Å². The van der Waals surface area contributed by atoms with Crippen molar-refractivity contribution in [2.24, 2.45) is 0 Å². The molecule has 0 saturated carbocycles. The highest BCUT2D eigenvalue weighted by molar-refractivity contribution is 5.67. The maximum Gasteiger partial charge on any atom is 0.143 e. The van der Waals surface area contributed by atoms with Crippen LogP contribution in [0.4, 0.5) is 0 Å². The number of aryl methyl sites for hydroxylation is 3. The van der Waals surface area contributed by atoms with Gasteiger partial charge < -0.3 is 0 Å². The third-order valence-corrected chi connectivity index (χ3v) is 3.30. The highest BCUT2D eigenvalue weighted by Gasteiger charge is 1.99. The number of benzene rings is 1. The van der Waals surface area contributed by atoms with E-state index in [4.69, 9.17) is 0 Å². The lowest BCUT2D eigenvalue weighted by molar-refractivity contribution is -0.104. The first kappa shape index (κ1) is 16.9. The van der Waals surface area contributed by atoms with Gasteiger partial charge in [0.1, 0.15) is 6.29 Å². The minimum absolute atomic E-state index is 0.805. The normalized spacial score (nSPS) is 13.4. The van der Waals surface area contributed by atoms with Gasteiger partial charge in [0.15, 0.2) is 0 Å². The molecule has 0 N–H and O–H groups in total. The first-order chi connectivity index (χ1) is 9.93. The number of hydrogen-bond acceptors (Lipinski definition) is 1. The van der Waals surface area contributed by atoms with E-state index < -0.39 is 0 Å². The number of allylic oxidation sites excluding steroid dienone is 7. The van der Waals surface area contributed by atoms with Gasteiger partial charge in [-0.05, 0) is 63.0 Å². The molecule has 0 unspecified atom stereocenters. The molecule has 0 atom stereocenters. The molecule has 1 aromatic rings. The molecule has 0 amide bonds. The van der Waals surface area contributed by atoms with E-state index in [0.29, 0.717) is 0 Å². The number of aldehydes is 1. The van der Waals surface area contributed by atoms with Crippen LogP contribution in [0.5, 0.6) is 0 Å². The van der Waals surface area contributed by atoms with Gasteiger partial charge in [0.25, 0.3) is 0 Å². The Morgan fingerprint density at radius 3 is 2.05 bits per heavy atom. The maximum atomic E-state index is 10.3. The topological polar surface area (TPSA) is 17.1 Å². The van der Waals surface area contributed by atoms with Crippen LogP contribution in [-0.2, 0) is 4.79 Å². The summed E-state index contributed by atoms with van der Waals surface area (Å²) in [7, 11) is 0. The Morgan fingerprint density at radius 1 is 0.905 bits per heavy atom. The summed E-state index contributed by atoms with van der Waals surface area (Å²) in [5.41, 5.74) is 7.31. The van der Waals surface area contributed by atoms with E-state index in [1.165, 1.54) is 27.8 Å². The molecule has 0 aliphatic carbocycles. The van der Waals surface area contributed by atoms with Crippen LogP contribution >= 0.6 is 0 Å². The van der Waals surface area contributed by atoms with Crippen molar-refractivity contribution in [2.45, 2.75) is 34.6 Å². The molecule has 0 aliphatic heterocycles. The van der Waals surface area contributed by atoms with Crippen molar-refractivity contribution in [1.29, 1.82) is 0 Å². The molecule has 0 aliphatic rings. The van der Waals surface area contributed by atoms with E-state index in [-0.39, 0.29) is 0 Å². The lowest BCUT2D eigenvalue weighted by Gasteiger charge is -2.07. The first-order valence-electron chi connectivity index (χ1n) is 7.17. The second kappa shape index (κ2) is 8.21. The van der Waals surface area contributed by atoms with E-state index in [9.17, 15) is 4.79 Å². The number of rotatable bonds is 5. The molecule has 21 heavy (non-hydrogen) atoms. The van der Waals surface area contributed by atoms with Crippen LogP contribution in [0, 0.1) is 20.8 Å². The summed E-state index contributed by atoms with van der Waals surface area (Å²) in [6.45, 7) is 10.4. The van der Waals surface area contributed by atoms with Crippen molar-refractivity contribution in [3.05, 3.63) is 75.9 Å². The van der Waals surface area contributed by atoms with Gasteiger partial charge in [-0.15, -0.1) is 0 Å². The fourth-order valence-corrected chi connectivity index (χ4v) is 2.24. The largest absolute Gasteiger partial charge is 0.299 e. The lowest BCUT2D eigenvalue weighted by Crippen LogP contribution is -1.88. The highest BCUT2D eigenvalue weighted by Crippen LogP contribution is 2.18. The zero-order chi connectivity index (χ0) is 15.8. The molecule has 0 fully saturated rings. The molecule has 0 saturated heterocycles. The molecule has 1 rings (SSSR count). The summed E-state index contributed by atoms with van der Waals surface area (Å²) in [6, 6.07) is 4.42. The Kier molecular flexibility index (Phi) is 6.61. The average molecular weight is 280 g/mol. The van der Waals surface area contributed by atoms with Gasteiger partial charge in [-0.25, -0.2) is 0 Å². The summed E-state index contributed by atoms with van der Waals surface area (Å²) >= 11 is 0. The van der Waals surface area contributed by atoms with Gasteiger partial charge in [-0.1, -0.05) is 53.6 Å². The third-order valence-electron chi connectivity index (χ3n) is 3.30. The Hall–Kier alpha value is -2.15. The molecule has 1 aromatic carbocycles. The monoisotopic (exact) mass is 280 g/mol. The lowest BCUT2D eigenvalue weighted by atomic mass is 9.99. The third kappa shape index (κ3) is 5.78. The van der Waals surface area contributed by atoms with Crippen LogP contribution < -0.4 is 0 Å². The SMILES string of the molecule is CC(/C=C\C=C(C)\C=C\c1c(C)cc(C)cc1C)=C\C=O. The van der Waals surface area contributed by atoms with E-state index in [1.54, 1.807) is 6.08 Å². The molecular formula is C20H24O. The Balaban J connectivity index is 2.86. The minimum Gasteiger partial charge on any atom is -0.299 e. The molecule has 0 spiro atoms. The molecule has 1 nitrogen and oxygen atoms in total. The Morgan fingerprint density at radius 2 is 1.48 bits per heavy atom. The van der Waals surface area contributed by atoms with Gasteiger partial charge in [-0.2, -0.15) is 0 Å². The van der Waals surface area contributed by atoms with Crippen molar-refractivity contribution >= 4 is 12.4 Å². The van der Waals surface area contributed by atoms with Crippen molar-refractivity contribution in [3.63, 3.8) is 0 Å². The predicted octanol–water partition coefficient (Wildman–Crippen LogP) is 5.27. The summed E-state index contributed by atoms with van der Waals surface area (Å²) in [5, 5.41) is 0. The van der Waals surface area contributed by atoms with E-state index in [2.05, 4.69) is 52.0 Å². The van der Waals surface area contributed by atoms with Crippen LogP contribution in [0.3, 0.4) is 0 Å². The van der Waals surface area contributed by atoms with Crippen LogP contribution in [0.15, 0.2) is 53.7 Å². The number of carbonyl (C=O) groups excluding carboxylic acids is 1. The molecule has 0 heterocycles. The fraction of sp³-hybridized carbons (Fsp3) is 0.250. The van der Waals surface area contributed by atoms with Gasteiger partial charge >= 0.3 is 0 Å². The Labute approximate surface area is 128 Å². The zero-order valence-electron chi connectivity index (χ0n) is 13.6. The van der Waals surface area contributed by atoms with Crippen LogP contribution in [0.25, 0.3) is 6.08 Å². The summed E-state index contributed by atoms with van der Waals surface area (Å²) < 4.78 is 0. The number of hydrogen-bond donors (Lipinski definition) is 0. The van der Waals surface area contributed by atoms with Crippen LogP contribution in [0.1, 0.15) is 36.1 Å². The maximum absolute atomic E-state index is 10.3. The van der Waals surface area contributed by atoms with Gasteiger partial charge in [0, 0.05) is 0 Å². The van der Waals surface area contributed by atoms with E-state index in [1.807, 2.05) is 25.2 Å². The smallest absolute Gasteiger partial charge is 0.143 e. The molecular weight excluding hydrogens is 256 g/mol. The standard InChI is InChI=1S/C20H24O/c1-15(7-6-8-16(2)11-12-21)9-10-20-18(4)13-17(3)14-19(20)5/h6-14H,1-5H3/b8-6-,10-9+,15-7+,16-11+. The van der Waals surface area contributed by atoms with Crippen LogP contribution in [0.2, 0.25) is 0 Å². The second-order valence-corrected chi connectivity index (χ2v) is 5.46. The Bertz CT molecular complexity index is 602. The van der Waals surface area contributed by atoms with E-state index >= 15 is 0 Å². The molecule has 1 heteroatoms. The fourth-order valence-electron chi connectivity index (χ4n) is 2.24. The second-order valence-electron chi connectivity index (χ2n) is 5.46. The van der Waals surface area contributed by atoms with Crippen molar-refractivity contribution < 1.29 is 4.79 Å². The zero-order valence-corrected chi connectivity index (χ0v) is 13.6. The quantitative estimate of drug-likeness (QED) is 0.408.